The van der Waals surface area contributed by atoms with E-state index < -0.39 is 17.9 Å². The molecule has 2 unspecified atom stereocenters. The molecule has 7 nitrogen and oxygen atoms in total. The first-order chi connectivity index (χ1) is 19.5. The highest BCUT2D eigenvalue weighted by Gasteiger charge is 2.24. The number of nitrogens with one attached hydrogen (secondary N) is 1. The number of hydrogen-bond donors (Lipinski definition) is 2. The van der Waals surface area contributed by atoms with Gasteiger partial charge in [0.25, 0.3) is 5.91 Å². The van der Waals surface area contributed by atoms with Crippen LogP contribution in [-0.4, -0.2) is 40.0 Å². The molecule has 1 amide bonds. The molecular weight excluding hydrogens is 524 g/mol. The maximum absolute atomic E-state index is 13.4. The Morgan fingerprint density at radius 3 is 2.62 bits per heavy atom. The molecule has 4 rings (SSSR count). The Kier molecular flexibility index (Phi) is 11.2. The number of thioether (sulfide) groups is 1. The Balaban J connectivity index is 1.54. The molecular formula is C32H40N2O5S. The Bertz CT molecular complexity index is 1240. The van der Waals surface area contributed by atoms with Crippen molar-refractivity contribution in [2.24, 2.45) is 5.92 Å². The smallest absolute Gasteiger partial charge is 0.326 e. The average Bonchev–Trinajstić information content (AvgIpc) is 3.51. The molecule has 1 aromatic heterocycles. The number of benzene rings is 2. The van der Waals surface area contributed by atoms with Gasteiger partial charge < -0.3 is 19.6 Å². The molecule has 2 N–H and O–H groups in total. The molecule has 1 fully saturated rings. The Morgan fingerprint density at radius 1 is 1.12 bits per heavy atom. The molecule has 0 bridgehead atoms. The molecule has 3 aromatic rings. The summed E-state index contributed by atoms with van der Waals surface area (Å²) in [6.45, 7) is 2.35. The molecule has 40 heavy (non-hydrogen) atoms. The molecule has 1 aliphatic carbocycles. The van der Waals surface area contributed by atoms with Crippen LogP contribution >= 0.6 is 11.8 Å². The first-order valence-electron chi connectivity index (χ1n) is 14.2. The number of oxazole rings is 1. The van der Waals surface area contributed by atoms with Crippen molar-refractivity contribution in [3.63, 3.8) is 0 Å². The summed E-state index contributed by atoms with van der Waals surface area (Å²) in [5.74, 6) is 0.683. The number of ether oxygens (including phenoxy) is 1. The maximum Gasteiger partial charge on any atom is 0.326 e. The number of carboxylic acids is 1. The van der Waals surface area contributed by atoms with Gasteiger partial charge in [0.15, 0.2) is 12.2 Å². The fourth-order valence-corrected chi connectivity index (χ4v) is 5.93. The largest absolute Gasteiger partial charge is 0.480 e. The van der Waals surface area contributed by atoms with Crippen LogP contribution in [-0.2, 0) is 16.1 Å². The number of amides is 1. The summed E-state index contributed by atoms with van der Waals surface area (Å²) in [5, 5.41) is 12.4. The zero-order valence-corrected chi connectivity index (χ0v) is 24.3. The van der Waals surface area contributed by atoms with E-state index in [9.17, 15) is 14.7 Å². The summed E-state index contributed by atoms with van der Waals surface area (Å²) < 4.78 is 12.0. The molecule has 2 atom stereocenters. The summed E-state index contributed by atoms with van der Waals surface area (Å²) in [6.07, 6.45) is 13.8. The number of nitrogens with zero attached hydrogens (tertiary/aromatic N) is 1. The highest BCUT2D eigenvalue weighted by molar-refractivity contribution is 7.98. The van der Waals surface area contributed by atoms with Gasteiger partial charge in [-0.15, -0.1) is 0 Å². The summed E-state index contributed by atoms with van der Waals surface area (Å²) in [4.78, 5) is 29.3. The molecule has 0 spiro atoms. The number of carbonyl (C=O) groups is 2. The van der Waals surface area contributed by atoms with Crippen molar-refractivity contribution in [2.45, 2.75) is 77.0 Å². The van der Waals surface area contributed by atoms with E-state index in [4.69, 9.17) is 9.15 Å². The van der Waals surface area contributed by atoms with Crippen LogP contribution in [0.1, 0.15) is 84.7 Å². The minimum absolute atomic E-state index is 0.193. The van der Waals surface area contributed by atoms with Crippen LogP contribution in [0.25, 0.3) is 11.1 Å². The third-order valence-electron chi connectivity index (χ3n) is 7.76. The Morgan fingerprint density at radius 2 is 1.93 bits per heavy atom. The van der Waals surface area contributed by atoms with Gasteiger partial charge in [0.1, 0.15) is 12.1 Å². The highest BCUT2D eigenvalue weighted by Crippen LogP contribution is 2.33. The number of carbonyl (C=O) groups excluding carboxylic acids is 1. The number of aromatic nitrogens is 1. The zero-order chi connectivity index (χ0) is 28.3. The minimum Gasteiger partial charge on any atom is -0.480 e. The summed E-state index contributed by atoms with van der Waals surface area (Å²) in [6, 6.07) is 12.6. The van der Waals surface area contributed by atoms with Crippen molar-refractivity contribution in [3.05, 3.63) is 77.5 Å². The van der Waals surface area contributed by atoms with Crippen molar-refractivity contribution < 1.29 is 23.8 Å². The van der Waals surface area contributed by atoms with Crippen molar-refractivity contribution >= 4 is 23.6 Å². The van der Waals surface area contributed by atoms with Crippen molar-refractivity contribution in [1.29, 1.82) is 0 Å². The van der Waals surface area contributed by atoms with Gasteiger partial charge in [-0.05, 0) is 78.5 Å². The van der Waals surface area contributed by atoms with E-state index in [-0.39, 0.29) is 6.10 Å². The molecule has 2 aromatic carbocycles. The number of aliphatic carboxylic acids is 1. The minimum atomic E-state index is -1.03. The number of rotatable bonds is 14. The average molecular weight is 565 g/mol. The molecule has 0 radical (unpaired) electrons. The highest BCUT2D eigenvalue weighted by atomic mass is 32.2. The van der Waals surface area contributed by atoms with Gasteiger partial charge in [0.2, 0.25) is 0 Å². The number of hydrogen-bond acceptors (Lipinski definition) is 6. The summed E-state index contributed by atoms with van der Waals surface area (Å²) in [5.41, 5.74) is 4.07. The quantitative estimate of drug-likeness (QED) is 0.213. The molecule has 0 aliphatic heterocycles. The van der Waals surface area contributed by atoms with Gasteiger partial charge in [-0.1, -0.05) is 62.4 Å². The fraction of sp³-hybridized carbons (Fsp3) is 0.469. The van der Waals surface area contributed by atoms with E-state index in [2.05, 4.69) is 10.3 Å². The number of carboxylic acid groups (broad SMARTS) is 1. The van der Waals surface area contributed by atoms with Crippen LogP contribution in [0, 0.1) is 12.8 Å². The second kappa shape index (κ2) is 15.1. The van der Waals surface area contributed by atoms with Crippen LogP contribution in [0.2, 0.25) is 0 Å². The lowest BCUT2D eigenvalue weighted by Crippen LogP contribution is -2.41. The molecule has 1 heterocycles. The lowest BCUT2D eigenvalue weighted by atomic mass is 9.85. The van der Waals surface area contributed by atoms with Crippen molar-refractivity contribution in [1.82, 2.24) is 10.3 Å². The van der Waals surface area contributed by atoms with Gasteiger partial charge in [-0.3, -0.25) is 4.79 Å². The van der Waals surface area contributed by atoms with Gasteiger partial charge in [0, 0.05) is 5.56 Å². The van der Waals surface area contributed by atoms with E-state index in [1.165, 1.54) is 38.5 Å². The van der Waals surface area contributed by atoms with Crippen LogP contribution < -0.4 is 5.32 Å². The van der Waals surface area contributed by atoms with E-state index in [1.807, 2.05) is 49.6 Å². The molecule has 8 heteroatoms. The predicted molar refractivity (Wildman–Crippen MR) is 158 cm³/mol. The molecule has 1 aliphatic rings. The standard InChI is InChI=1S/C32H40N2O5S/c1-22-8-6-7-11-25(22)27-18-24(12-14-26(27)31(35)34-28(32(36)37)16-17-40-2)20-38-29(30-19-33-21-39-30)15-13-23-9-4-3-5-10-23/h6-8,11-12,14,18-19,21,23,28-29H,3-5,9-10,13,15-17,20H2,1-2H3,(H,34,35)(H,36,37). The lowest BCUT2D eigenvalue weighted by molar-refractivity contribution is -0.139. The normalized spacial score (nSPS) is 15.4. The van der Waals surface area contributed by atoms with E-state index in [0.29, 0.717) is 24.3 Å². The van der Waals surface area contributed by atoms with E-state index in [0.717, 1.165) is 46.8 Å². The lowest BCUT2D eigenvalue weighted by Gasteiger charge is -2.24. The van der Waals surface area contributed by atoms with Gasteiger partial charge in [-0.25, -0.2) is 9.78 Å². The Labute approximate surface area is 241 Å². The summed E-state index contributed by atoms with van der Waals surface area (Å²) >= 11 is 1.55. The third-order valence-corrected chi connectivity index (χ3v) is 8.40. The fourth-order valence-electron chi connectivity index (χ4n) is 5.46. The Hall–Kier alpha value is -3.10. The van der Waals surface area contributed by atoms with Crippen LogP contribution in [0.15, 0.2) is 59.5 Å². The monoisotopic (exact) mass is 564 g/mol. The maximum atomic E-state index is 13.4. The topological polar surface area (TPSA) is 102 Å². The SMILES string of the molecule is CSCCC(NC(=O)c1ccc(COC(CCC2CCCCC2)c2cnco2)cc1-c1ccccc1C)C(=O)O. The second-order valence-electron chi connectivity index (χ2n) is 10.6. The van der Waals surface area contributed by atoms with Crippen LogP contribution in [0.4, 0.5) is 0 Å². The van der Waals surface area contributed by atoms with Crippen molar-refractivity contribution in [2.75, 3.05) is 12.0 Å². The van der Waals surface area contributed by atoms with Crippen molar-refractivity contribution in [3.8, 4) is 11.1 Å². The first-order valence-corrected chi connectivity index (χ1v) is 15.6. The molecule has 0 saturated heterocycles. The van der Waals surface area contributed by atoms with Crippen LogP contribution in [0.3, 0.4) is 0 Å². The van der Waals surface area contributed by atoms with E-state index in [1.54, 1.807) is 24.0 Å². The zero-order valence-electron chi connectivity index (χ0n) is 23.4. The molecule has 1 saturated carbocycles. The van der Waals surface area contributed by atoms with Crippen LogP contribution in [0.5, 0.6) is 0 Å². The van der Waals surface area contributed by atoms with Gasteiger partial charge in [0.05, 0.1) is 12.8 Å². The number of aryl methyl sites for hydroxylation is 1. The van der Waals surface area contributed by atoms with E-state index >= 15 is 0 Å². The molecule has 214 valence electrons. The third kappa shape index (κ3) is 8.21. The predicted octanol–water partition coefficient (Wildman–Crippen LogP) is 7.20. The first kappa shape index (κ1) is 29.9. The second-order valence-corrected chi connectivity index (χ2v) is 11.6. The van der Waals surface area contributed by atoms with Gasteiger partial charge >= 0.3 is 5.97 Å². The summed E-state index contributed by atoms with van der Waals surface area (Å²) in [7, 11) is 0. The van der Waals surface area contributed by atoms with Gasteiger partial charge in [-0.2, -0.15) is 11.8 Å².